The van der Waals surface area contributed by atoms with E-state index in [4.69, 9.17) is 9.47 Å². The lowest BCUT2D eigenvalue weighted by molar-refractivity contribution is -0.134. The van der Waals surface area contributed by atoms with E-state index < -0.39 is 34.7 Å². The molecule has 1 aromatic rings. The van der Waals surface area contributed by atoms with Gasteiger partial charge in [-0.2, -0.15) is 10.00 Å². The molecule has 0 fully saturated rings. The first-order valence-corrected chi connectivity index (χ1v) is 8.90. The second-order valence-corrected chi connectivity index (χ2v) is 9.21. The summed E-state index contributed by atoms with van der Waals surface area (Å²) in [4.78, 5) is 42.8. The molecular formula is C19H30N4O5. The van der Waals surface area contributed by atoms with Gasteiger partial charge >= 0.3 is 12.2 Å². The summed E-state index contributed by atoms with van der Waals surface area (Å²) >= 11 is 0. The van der Waals surface area contributed by atoms with Gasteiger partial charge in [0.05, 0.1) is 0 Å². The van der Waals surface area contributed by atoms with E-state index in [0.717, 1.165) is 4.68 Å². The number of rotatable bonds is 0. The van der Waals surface area contributed by atoms with Crippen molar-refractivity contribution in [2.45, 2.75) is 73.5 Å². The Bertz CT molecular complexity index is 747. The fourth-order valence-electron chi connectivity index (χ4n) is 1.86. The summed E-state index contributed by atoms with van der Waals surface area (Å²) in [5.41, 5.74) is -2.63. The third kappa shape index (κ3) is 7.13. The molecule has 0 unspecified atom stereocenters. The van der Waals surface area contributed by atoms with Crippen LogP contribution in [-0.2, 0) is 14.3 Å². The first-order chi connectivity index (χ1) is 12.5. The van der Waals surface area contributed by atoms with Crippen LogP contribution in [0.1, 0.15) is 62.3 Å². The Kier molecular flexibility index (Phi) is 6.76. The highest BCUT2D eigenvalue weighted by molar-refractivity contribution is 6.13. The van der Waals surface area contributed by atoms with Crippen LogP contribution < -0.4 is 0 Å². The number of hydrogen-bond acceptors (Lipinski definition) is 6. The van der Waals surface area contributed by atoms with Crippen LogP contribution in [0.2, 0.25) is 0 Å². The number of aromatic nitrogens is 2. The highest BCUT2D eigenvalue weighted by atomic mass is 16.6. The zero-order valence-corrected chi connectivity index (χ0v) is 18.1. The topological polar surface area (TPSA) is 103 Å². The Morgan fingerprint density at radius 2 is 1.46 bits per heavy atom. The zero-order chi connectivity index (χ0) is 21.9. The van der Waals surface area contributed by atoms with Crippen molar-refractivity contribution in [3.8, 4) is 0 Å². The van der Waals surface area contributed by atoms with Crippen LogP contribution in [-0.4, -0.2) is 49.9 Å². The van der Waals surface area contributed by atoms with E-state index in [1.54, 1.807) is 68.4 Å². The van der Waals surface area contributed by atoms with Crippen LogP contribution in [0.15, 0.2) is 23.5 Å². The van der Waals surface area contributed by atoms with Gasteiger partial charge in [0.1, 0.15) is 11.2 Å². The molecule has 0 spiro atoms. The Hall–Kier alpha value is -2.71. The molecule has 9 nitrogen and oxygen atoms in total. The lowest BCUT2D eigenvalue weighted by Crippen LogP contribution is -2.51. The second-order valence-electron chi connectivity index (χ2n) is 9.21. The van der Waals surface area contributed by atoms with E-state index in [1.165, 1.54) is 12.4 Å². The first kappa shape index (κ1) is 23.3. The van der Waals surface area contributed by atoms with Gasteiger partial charge in [-0.1, -0.05) is 20.8 Å². The fraction of sp³-hybridized carbons (Fsp3) is 0.632. The lowest BCUT2D eigenvalue weighted by Gasteiger charge is -2.30. The quantitative estimate of drug-likeness (QED) is 0.489. The number of carbonyl (C=O) groups excluding carboxylic acids is 3. The summed E-state index contributed by atoms with van der Waals surface area (Å²) in [6, 6.07) is 1.57. The number of aliphatic imine (C=N–C) groups is 1. The van der Waals surface area contributed by atoms with Crippen LogP contribution in [0.3, 0.4) is 0 Å². The van der Waals surface area contributed by atoms with Crippen LogP contribution in [0.5, 0.6) is 0 Å². The van der Waals surface area contributed by atoms with Crippen molar-refractivity contribution in [2.75, 3.05) is 0 Å². The van der Waals surface area contributed by atoms with E-state index in [1.807, 2.05) is 0 Å². The van der Waals surface area contributed by atoms with E-state index in [9.17, 15) is 14.4 Å². The minimum absolute atomic E-state index is 0.326. The van der Waals surface area contributed by atoms with Crippen molar-refractivity contribution in [2.24, 2.45) is 10.4 Å². The second kappa shape index (κ2) is 8.12. The molecule has 0 atom stereocenters. The molecule has 0 aliphatic heterocycles. The maximum Gasteiger partial charge on any atom is 0.437 e. The van der Waals surface area contributed by atoms with Crippen molar-refractivity contribution in [1.82, 2.24) is 14.7 Å². The van der Waals surface area contributed by atoms with E-state index >= 15 is 0 Å². The third-order valence-electron chi connectivity index (χ3n) is 2.91. The minimum Gasteiger partial charge on any atom is -0.443 e. The molecule has 156 valence electrons. The van der Waals surface area contributed by atoms with Crippen molar-refractivity contribution in [3.05, 3.63) is 18.5 Å². The Morgan fingerprint density at radius 3 is 1.86 bits per heavy atom. The largest absolute Gasteiger partial charge is 0.443 e. The Morgan fingerprint density at radius 1 is 0.929 bits per heavy atom. The van der Waals surface area contributed by atoms with Crippen molar-refractivity contribution < 1.29 is 23.9 Å². The van der Waals surface area contributed by atoms with E-state index in [-0.39, 0.29) is 5.96 Å². The van der Waals surface area contributed by atoms with Gasteiger partial charge in [0.25, 0.3) is 0 Å². The summed E-state index contributed by atoms with van der Waals surface area (Å²) in [5.74, 6) is -0.937. The molecule has 3 amide bonds. The standard InChI is InChI=1S/C19H30N4O5/c1-17(2,3)13(24)23(16(26)28-19(7,8)9)14(22-12-10-11-20-22)21-15(25)27-18(4,5)6/h10-12H,1-9H3. The summed E-state index contributed by atoms with van der Waals surface area (Å²) < 4.78 is 11.7. The van der Waals surface area contributed by atoms with Gasteiger partial charge in [0.2, 0.25) is 11.9 Å². The molecule has 28 heavy (non-hydrogen) atoms. The fourth-order valence-corrected chi connectivity index (χ4v) is 1.86. The molecule has 0 saturated carbocycles. The molecule has 0 aliphatic carbocycles. The average molecular weight is 394 g/mol. The normalized spacial score (nSPS) is 13.1. The monoisotopic (exact) mass is 394 g/mol. The van der Waals surface area contributed by atoms with Crippen LogP contribution >= 0.6 is 0 Å². The van der Waals surface area contributed by atoms with Crippen molar-refractivity contribution >= 4 is 24.1 Å². The molecular weight excluding hydrogens is 364 g/mol. The first-order valence-electron chi connectivity index (χ1n) is 8.90. The summed E-state index contributed by atoms with van der Waals surface area (Å²) in [6.07, 6.45) is 0.953. The van der Waals surface area contributed by atoms with Crippen molar-refractivity contribution in [1.29, 1.82) is 0 Å². The summed E-state index contributed by atoms with van der Waals surface area (Å²) in [6.45, 7) is 15.0. The number of ether oxygens (including phenoxy) is 2. The number of imide groups is 1. The Balaban J connectivity index is 3.53. The zero-order valence-electron chi connectivity index (χ0n) is 18.1. The summed E-state index contributed by atoms with van der Waals surface area (Å²) in [7, 11) is 0. The third-order valence-corrected chi connectivity index (χ3v) is 2.91. The number of amides is 3. The van der Waals surface area contributed by atoms with Gasteiger partial charge < -0.3 is 9.47 Å². The molecule has 0 aliphatic rings. The van der Waals surface area contributed by atoms with Crippen LogP contribution in [0.25, 0.3) is 0 Å². The van der Waals surface area contributed by atoms with Crippen LogP contribution in [0, 0.1) is 5.41 Å². The predicted molar refractivity (Wildman–Crippen MR) is 104 cm³/mol. The molecule has 0 radical (unpaired) electrons. The molecule has 1 aromatic heterocycles. The molecule has 0 bridgehead atoms. The van der Waals surface area contributed by atoms with Gasteiger partial charge in [0.15, 0.2) is 0 Å². The number of hydrogen-bond donors (Lipinski definition) is 0. The lowest BCUT2D eigenvalue weighted by atomic mass is 9.95. The predicted octanol–water partition coefficient (Wildman–Crippen LogP) is 3.83. The van der Waals surface area contributed by atoms with Gasteiger partial charge in [-0.15, -0.1) is 4.99 Å². The van der Waals surface area contributed by atoms with Crippen LogP contribution in [0.4, 0.5) is 9.59 Å². The van der Waals surface area contributed by atoms with E-state index in [0.29, 0.717) is 4.90 Å². The highest BCUT2D eigenvalue weighted by Gasteiger charge is 2.39. The van der Waals surface area contributed by atoms with E-state index in [2.05, 4.69) is 10.1 Å². The molecule has 1 heterocycles. The average Bonchev–Trinajstić information content (AvgIpc) is 2.95. The molecule has 0 saturated heterocycles. The molecule has 0 aromatic carbocycles. The SMILES string of the molecule is CC(C)(C)OC(=O)N=C(N(C(=O)OC(C)(C)C)C(=O)C(C)(C)C)n1cccn1. The Labute approximate surface area is 165 Å². The molecule has 0 N–H and O–H groups in total. The minimum atomic E-state index is -0.967. The maximum absolute atomic E-state index is 13.0. The van der Waals surface area contributed by atoms with Gasteiger partial charge in [-0.3, -0.25) is 4.79 Å². The molecule has 9 heteroatoms. The van der Waals surface area contributed by atoms with Gasteiger partial charge in [-0.25, -0.2) is 14.3 Å². The maximum atomic E-state index is 13.0. The van der Waals surface area contributed by atoms with Crippen molar-refractivity contribution in [3.63, 3.8) is 0 Å². The number of carbonyl (C=O) groups is 3. The van der Waals surface area contributed by atoms with Gasteiger partial charge in [-0.05, 0) is 47.6 Å². The molecule has 1 rings (SSSR count). The number of nitrogens with zero attached hydrogens (tertiary/aromatic N) is 4. The highest BCUT2D eigenvalue weighted by Crippen LogP contribution is 2.21. The van der Waals surface area contributed by atoms with Gasteiger partial charge in [0, 0.05) is 17.8 Å². The summed E-state index contributed by atoms with van der Waals surface area (Å²) in [5, 5.41) is 4.01. The smallest absolute Gasteiger partial charge is 0.437 e.